The first-order valence-corrected chi connectivity index (χ1v) is 8.19. The Kier molecular flexibility index (Phi) is 5.29. The maximum Gasteiger partial charge on any atom is 0.240 e. The summed E-state index contributed by atoms with van der Waals surface area (Å²) < 4.78 is 31.5. The highest BCUT2D eigenvalue weighted by atomic mass is 32.2. The number of rotatable bonds is 8. The molecular weight excluding hydrogens is 292 g/mol. The van der Waals surface area contributed by atoms with Gasteiger partial charge < -0.3 is 9.84 Å². The molecule has 0 aliphatic heterocycles. The van der Waals surface area contributed by atoms with Crippen LogP contribution >= 0.6 is 0 Å². The monoisotopic (exact) mass is 310 g/mol. The van der Waals surface area contributed by atoms with Crippen LogP contribution in [0.25, 0.3) is 0 Å². The van der Waals surface area contributed by atoms with Crippen LogP contribution in [0.15, 0.2) is 40.0 Å². The van der Waals surface area contributed by atoms with E-state index in [4.69, 9.17) is 4.52 Å². The molecule has 2 rings (SSSR count). The molecule has 0 radical (unpaired) electrons. The van der Waals surface area contributed by atoms with Gasteiger partial charge in [0.25, 0.3) is 0 Å². The highest BCUT2D eigenvalue weighted by Crippen LogP contribution is 2.13. The van der Waals surface area contributed by atoms with Gasteiger partial charge in [0.1, 0.15) is 0 Å². The minimum Gasteiger partial charge on any atom is -0.385 e. The minimum atomic E-state index is -3.52. The van der Waals surface area contributed by atoms with Crippen LogP contribution in [-0.4, -0.2) is 31.6 Å². The Morgan fingerprint density at radius 3 is 2.57 bits per heavy atom. The first-order valence-electron chi connectivity index (χ1n) is 6.71. The third-order valence-electron chi connectivity index (χ3n) is 2.78. The molecule has 0 spiro atoms. The van der Waals surface area contributed by atoms with Gasteiger partial charge in [-0.1, -0.05) is 12.1 Å². The molecular formula is C13H18N4O3S. The summed E-state index contributed by atoms with van der Waals surface area (Å²) in [5, 5.41) is 6.65. The van der Waals surface area contributed by atoms with E-state index in [2.05, 4.69) is 27.1 Å². The molecule has 1 aromatic carbocycles. The van der Waals surface area contributed by atoms with Crippen LogP contribution in [-0.2, 0) is 16.4 Å². The number of hydrogen-bond donors (Lipinski definition) is 2. The van der Waals surface area contributed by atoms with E-state index in [9.17, 15) is 8.42 Å². The van der Waals surface area contributed by atoms with Crippen LogP contribution in [0.1, 0.15) is 19.2 Å². The van der Waals surface area contributed by atoms with Crippen LogP contribution in [0.5, 0.6) is 0 Å². The Hall–Kier alpha value is -1.93. The van der Waals surface area contributed by atoms with E-state index in [0.717, 1.165) is 18.7 Å². The molecule has 0 fully saturated rings. The van der Waals surface area contributed by atoms with E-state index in [1.165, 1.54) is 6.33 Å². The molecule has 0 aliphatic carbocycles. The Labute approximate surface area is 123 Å². The lowest BCUT2D eigenvalue weighted by atomic mass is 10.3. The number of anilines is 1. The van der Waals surface area contributed by atoms with Crippen molar-refractivity contribution in [3.8, 4) is 0 Å². The highest BCUT2D eigenvalue weighted by Gasteiger charge is 2.13. The largest absolute Gasteiger partial charge is 0.385 e. The quantitative estimate of drug-likeness (QED) is 0.765. The van der Waals surface area contributed by atoms with E-state index >= 15 is 0 Å². The number of nitrogens with one attached hydrogen (secondary N) is 2. The minimum absolute atomic E-state index is 0.209. The van der Waals surface area contributed by atoms with E-state index in [1.54, 1.807) is 24.3 Å². The molecule has 0 atom stereocenters. The van der Waals surface area contributed by atoms with Crippen molar-refractivity contribution in [2.75, 3.05) is 18.4 Å². The van der Waals surface area contributed by atoms with Crippen molar-refractivity contribution in [2.24, 2.45) is 0 Å². The zero-order chi connectivity index (χ0) is 15.1. The van der Waals surface area contributed by atoms with Crippen LogP contribution in [0, 0.1) is 0 Å². The second-order valence-corrected chi connectivity index (χ2v) is 6.20. The van der Waals surface area contributed by atoms with Crippen LogP contribution in [0.2, 0.25) is 0 Å². The van der Waals surface area contributed by atoms with Gasteiger partial charge in [0.05, 0.1) is 4.90 Å². The molecule has 8 heteroatoms. The molecule has 1 heterocycles. The summed E-state index contributed by atoms with van der Waals surface area (Å²) in [5.41, 5.74) is 0.904. The molecule has 0 aliphatic rings. The van der Waals surface area contributed by atoms with E-state index in [-0.39, 0.29) is 11.4 Å². The molecule has 0 unspecified atom stereocenters. The fourth-order valence-corrected chi connectivity index (χ4v) is 2.73. The van der Waals surface area contributed by atoms with E-state index in [1.807, 2.05) is 0 Å². The number of aromatic nitrogens is 2. The average Bonchev–Trinajstić information content (AvgIpc) is 2.98. The molecule has 21 heavy (non-hydrogen) atoms. The summed E-state index contributed by atoms with van der Waals surface area (Å²) in [6.07, 6.45) is 2.65. The van der Waals surface area contributed by atoms with Crippen LogP contribution in [0.3, 0.4) is 0 Å². The van der Waals surface area contributed by atoms with Gasteiger partial charge >= 0.3 is 0 Å². The van der Waals surface area contributed by atoms with Crippen molar-refractivity contribution < 1.29 is 12.9 Å². The number of benzene rings is 1. The van der Waals surface area contributed by atoms with Crippen molar-refractivity contribution >= 4 is 15.7 Å². The van der Waals surface area contributed by atoms with Gasteiger partial charge in [0.2, 0.25) is 15.9 Å². The SMILES string of the molecule is CCCNc1ccc(S(=O)(=O)NCCc2ncno2)cc1. The molecule has 2 aromatic rings. The third-order valence-corrected chi connectivity index (χ3v) is 4.26. The van der Waals surface area contributed by atoms with Gasteiger partial charge in [0.15, 0.2) is 6.33 Å². The summed E-state index contributed by atoms with van der Waals surface area (Å²) >= 11 is 0. The number of hydrogen-bond acceptors (Lipinski definition) is 6. The van der Waals surface area contributed by atoms with Crippen molar-refractivity contribution in [3.05, 3.63) is 36.5 Å². The van der Waals surface area contributed by atoms with Gasteiger partial charge in [0, 0.05) is 25.2 Å². The molecule has 2 N–H and O–H groups in total. The topological polar surface area (TPSA) is 97.1 Å². The Morgan fingerprint density at radius 1 is 1.19 bits per heavy atom. The van der Waals surface area contributed by atoms with Crippen molar-refractivity contribution in [3.63, 3.8) is 0 Å². The Morgan fingerprint density at radius 2 is 1.95 bits per heavy atom. The highest BCUT2D eigenvalue weighted by molar-refractivity contribution is 7.89. The van der Waals surface area contributed by atoms with Gasteiger partial charge in [-0.25, -0.2) is 13.1 Å². The molecule has 7 nitrogen and oxygen atoms in total. The van der Waals surface area contributed by atoms with E-state index in [0.29, 0.717) is 12.3 Å². The molecule has 114 valence electrons. The molecule has 0 saturated heterocycles. The smallest absolute Gasteiger partial charge is 0.240 e. The fraction of sp³-hybridized carbons (Fsp3) is 0.385. The lowest BCUT2D eigenvalue weighted by Crippen LogP contribution is -2.26. The maximum absolute atomic E-state index is 12.1. The summed E-state index contributed by atoms with van der Waals surface area (Å²) in [4.78, 5) is 4.06. The van der Waals surface area contributed by atoms with Gasteiger partial charge in [-0.15, -0.1) is 0 Å². The Balaban J connectivity index is 1.92. The normalized spacial score (nSPS) is 11.5. The van der Waals surface area contributed by atoms with Crippen LogP contribution in [0.4, 0.5) is 5.69 Å². The lowest BCUT2D eigenvalue weighted by molar-refractivity contribution is 0.377. The van der Waals surface area contributed by atoms with Crippen LogP contribution < -0.4 is 10.0 Å². The van der Waals surface area contributed by atoms with Crippen molar-refractivity contribution in [1.29, 1.82) is 0 Å². The maximum atomic E-state index is 12.1. The molecule has 0 saturated carbocycles. The predicted octanol–water partition coefficient (Wildman–Crippen LogP) is 1.41. The summed E-state index contributed by atoms with van der Waals surface area (Å²) in [6.45, 7) is 3.13. The molecule has 0 bridgehead atoms. The first kappa shape index (κ1) is 15.5. The first-order chi connectivity index (χ1) is 10.1. The van der Waals surface area contributed by atoms with Gasteiger partial charge in [-0.05, 0) is 30.7 Å². The summed E-state index contributed by atoms with van der Waals surface area (Å²) in [7, 11) is -3.52. The lowest BCUT2D eigenvalue weighted by Gasteiger charge is -2.08. The molecule has 0 amide bonds. The Bertz CT molecular complexity index is 639. The zero-order valence-electron chi connectivity index (χ0n) is 11.7. The average molecular weight is 310 g/mol. The fourth-order valence-electron chi connectivity index (χ4n) is 1.70. The van der Waals surface area contributed by atoms with Crippen molar-refractivity contribution in [2.45, 2.75) is 24.7 Å². The van der Waals surface area contributed by atoms with E-state index < -0.39 is 10.0 Å². The summed E-state index contributed by atoms with van der Waals surface area (Å²) in [6, 6.07) is 6.66. The zero-order valence-corrected chi connectivity index (χ0v) is 12.6. The number of sulfonamides is 1. The van der Waals surface area contributed by atoms with Gasteiger partial charge in [-0.3, -0.25) is 0 Å². The summed E-state index contributed by atoms with van der Waals surface area (Å²) in [5.74, 6) is 0.400. The second kappa shape index (κ2) is 7.19. The standard InChI is InChI=1S/C13H18N4O3S/c1-2-8-14-11-3-5-12(6-4-11)21(18,19)17-9-7-13-15-10-16-20-13/h3-6,10,14,17H,2,7-9H2,1H3. The molecule has 1 aromatic heterocycles. The third kappa shape index (κ3) is 4.54. The number of nitrogens with zero attached hydrogens (tertiary/aromatic N) is 2. The second-order valence-electron chi connectivity index (χ2n) is 4.43. The van der Waals surface area contributed by atoms with Crippen molar-refractivity contribution in [1.82, 2.24) is 14.9 Å². The predicted molar refractivity (Wildman–Crippen MR) is 78.4 cm³/mol. The van der Waals surface area contributed by atoms with Gasteiger partial charge in [-0.2, -0.15) is 4.98 Å².